The van der Waals surface area contributed by atoms with Gasteiger partial charge in [0.05, 0.1) is 20.8 Å². The van der Waals surface area contributed by atoms with E-state index in [4.69, 9.17) is 14.2 Å². The Morgan fingerprint density at radius 3 is 1.87 bits per heavy atom. The number of aryl methyl sites for hydroxylation is 2. The number of fused-ring (bicyclic) bond motifs is 1. The monoisotopic (exact) mass is 318 g/mol. The van der Waals surface area contributed by atoms with E-state index in [0.29, 0.717) is 29.2 Å². The zero-order valence-corrected chi connectivity index (χ0v) is 15.0. The maximum atomic E-state index is 10.6. The van der Waals surface area contributed by atoms with Gasteiger partial charge in [-0.3, -0.25) is 0 Å². The molecule has 0 heterocycles. The first-order chi connectivity index (χ1) is 10.7. The van der Waals surface area contributed by atoms with Crippen LogP contribution in [-0.2, 0) is 0 Å². The first-order valence-corrected chi connectivity index (χ1v) is 7.70. The Kier molecular flexibility index (Phi) is 4.64. The molecule has 0 atom stereocenters. The topological polar surface area (TPSA) is 47.9 Å². The van der Waals surface area contributed by atoms with Gasteiger partial charge in [-0.25, -0.2) is 0 Å². The van der Waals surface area contributed by atoms with Gasteiger partial charge in [0, 0.05) is 10.8 Å². The van der Waals surface area contributed by atoms with Crippen molar-refractivity contribution in [2.24, 2.45) is 5.41 Å². The molecule has 0 aliphatic heterocycles. The van der Waals surface area contributed by atoms with E-state index in [1.165, 1.54) is 7.11 Å². The third-order valence-electron chi connectivity index (χ3n) is 3.82. The van der Waals surface area contributed by atoms with Crippen LogP contribution in [0.1, 0.15) is 31.9 Å². The second-order valence-corrected chi connectivity index (χ2v) is 7.08. The lowest BCUT2D eigenvalue weighted by molar-refractivity contribution is 0.191. The Bertz CT molecular complexity index is 727. The third kappa shape index (κ3) is 3.31. The summed E-state index contributed by atoms with van der Waals surface area (Å²) >= 11 is 0. The predicted octanol–water partition coefficient (Wildman–Crippen LogP) is 4.60. The Hall–Kier alpha value is -2.10. The zero-order chi connectivity index (χ0) is 17.4. The third-order valence-corrected chi connectivity index (χ3v) is 3.82. The lowest BCUT2D eigenvalue weighted by atomic mass is 9.98. The number of hydrogen-bond acceptors (Lipinski definition) is 4. The molecule has 4 nitrogen and oxygen atoms in total. The Morgan fingerprint density at radius 2 is 1.39 bits per heavy atom. The van der Waals surface area contributed by atoms with E-state index in [1.54, 1.807) is 7.11 Å². The van der Waals surface area contributed by atoms with Crippen molar-refractivity contribution in [2.75, 3.05) is 20.8 Å². The SMILES string of the molecule is COc1c(OC)c(OCC(C)(C)C)c2cc(C)c(C)cc2c1O. The van der Waals surface area contributed by atoms with Gasteiger partial charge in [0.2, 0.25) is 11.5 Å². The fourth-order valence-electron chi connectivity index (χ4n) is 2.46. The summed E-state index contributed by atoms with van der Waals surface area (Å²) in [5.74, 6) is 1.40. The van der Waals surface area contributed by atoms with Crippen LogP contribution in [0.15, 0.2) is 12.1 Å². The molecule has 2 aromatic rings. The molecule has 0 spiro atoms. The molecule has 23 heavy (non-hydrogen) atoms. The van der Waals surface area contributed by atoms with E-state index >= 15 is 0 Å². The van der Waals surface area contributed by atoms with E-state index < -0.39 is 0 Å². The van der Waals surface area contributed by atoms with Gasteiger partial charge >= 0.3 is 0 Å². The molecular formula is C19H26O4. The van der Waals surface area contributed by atoms with Gasteiger partial charge in [0.1, 0.15) is 0 Å². The standard InChI is InChI=1S/C19H26O4/c1-11-8-13-14(9-12(11)2)16(23-10-19(3,4)5)18(22-7)17(21-6)15(13)20/h8-9,20H,10H2,1-7H3. The maximum absolute atomic E-state index is 10.6. The summed E-state index contributed by atoms with van der Waals surface area (Å²) in [6.45, 7) is 10.9. The summed E-state index contributed by atoms with van der Waals surface area (Å²) in [4.78, 5) is 0. The second-order valence-electron chi connectivity index (χ2n) is 7.08. The molecule has 0 amide bonds. The molecule has 0 unspecified atom stereocenters. The number of phenols is 1. The van der Waals surface area contributed by atoms with Crippen molar-refractivity contribution >= 4 is 10.8 Å². The molecule has 0 aromatic heterocycles. The van der Waals surface area contributed by atoms with Gasteiger partial charge in [0.25, 0.3) is 0 Å². The van der Waals surface area contributed by atoms with Gasteiger partial charge in [-0.05, 0) is 42.5 Å². The lowest BCUT2D eigenvalue weighted by Gasteiger charge is -2.23. The minimum Gasteiger partial charge on any atom is -0.504 e. The molecule has 0 radical (unpaired) electrons. The minimum atomic E-state index is 0.00218. The van der Waals surface area contributed by atoms with Crippen LogP contribution in [0.4, 0.5) is 0 Å². The molecule has 126 valence electrons. The zero-order valence-electron chi connectivity index (χ0n) is 15.0. The van der Waals surface area contributed by atoms with Crippen LogP contribution in [0, 0.1) is 19.3 Å². The summed E-state index contributed by atoms with van der Waals surface area (Å²) in [6, 6.07) is 3.97. The number of hydrogen-bond donors (Lipinski definition) is 1. The van der Waals surface area contributed by atoms with E-state index in [1.807, 2.05) is 26.0 Å². The number of benzene rings is 2. The highest BCUT2D eigenvalue weighted by molar-refractivity contribution is 5.99. The van der Waals surface area contributed by atoms with E-state index in [9.17, 15) is 5.11 Å². The fourth-order valence-corrected chi connectivity index (χ4v) is 2.46. The average Bonchev–Trinajstić information content (AvgIpc) is 2.47. The summed E-state index contributed by atoms with van der Waals surface area (Å²) in [6.07, 6.45) is 0. The van der Waals surface area contributed by atoms with Crippen LogP contribution in [0.25, 0.3) is 10.8 Å². The van der Waals surface area contributed by atoms with Crippen molar-refractivity contribution in [3.63, 3.8) is 0 Å². The smallest absolute Gasteiger partial charge is 0.207 e. The highest BCUT2D eigenvalue weighted by atomic mass is 16.5. The highest BCUT2D eigenvalue weighted by Crippen LogP contribution is 2.51. The first-order valence-electron chi connectivity index (χ1n) is 7.70. The number of aromatic hydroxyl groups is 1. The van der Waals surface area contributed by atoms with Gasteiger partial charge in [-0.1, -0.05) is 20.8 Å². The summed E-state index contributed by atoms with van der Waals surface area (Å²) in [5.41, 5.74) is 2.23. The normalized spacial score (nSPS) is 11.6. The Labute approximate surface area is 138 Å². The van der Waals surface area contributed by atoms with E-state index in [0.717, 1.165) is 16.5 Å². The lowest BCUT2D eigenvalue weighted by Crippen LogP contribution is -2.17. The van der Waals surface area contributed by atoms with E-state index in [2.05, 4.69) is 20.8 Å². The number of methoxy groups -OCH3 is 2. The van der Waals surface area contributed by atoms with Gasteiger partial charge < -0.3 is 19.3 Å². The first kappa shape index (κ1) is 17.3. The average molecular weight is 318 g/mol. The van der Waals surface area contributed by atoms with Crippen LogP contribution in [0.3, 0.4) is 0 Å². The van der Waals surface area contributed by atoms with Crippen molar-refractivity contribution in [2.45, 2.75) is 34.6 Å². The molecule has 0 saturated carbocycles. The second kappa shape index (κ2) is 6.19. The summed E-state index contributed by atoms with van der Waals surface area (Å²) < 4.78 is 16.9. The number of phenolic OH excluding ortho intramolecular Hbond substituents is 1. The predicted molar refractivity (Wildman–Crippen MR) is 93.1 cm³/mol. The Balaban J connectivity index is 2.79. The van der Waals surface area contributed by atoms with Crippen LogP contribution >= 0.6 is 0 Å². The largest absolute Gasteiger partial charge is 0.504 e. The van der Waals surface area contributed by atoms with Crippen LogP contribution < -0.4 is 14.2 Å². The van der Waals surface area contributed by atoms with Gasteiger partial charge in [-0.2, -0.15) is 0 Å². The number of rotatable bonds is 4. The molecule has 0 fully saturated rings. The molecule has 4 heteroatoms. The summed E-state index contributed by atoms with van der Waals surface area (Å²) in [5, 5.41) is 12.1. The van der Waals surface area contributed by atoms with Crippen molar-refractivity contribution in [3.8, 4) is 23.0 Å². The van der Waals surface area contributed by atoms with Gasteiger partial charge in [0.15, 0.2) is 11.5 Å². The van der Waals surface area contributed by atoms with Crippen molar-refractivity contribution < 1.29 is 19.3 Å². The maximum Gasteiger partial charge on any atom is 0.207 e. The molecule has 2 rings (SSSR count). The quantitative estimate of drug-likeness (QED) is 0.894. The highest BCUT2D eigenvalue weighted by Gasteiger charge is 2.24. The van der Waals surface area contributed by atoms with Crippen LogP contribution in [0.2, 0.25) is 0 Å². The summed E-state index contributed by atoms with van der Waals surface area (Å²) in [7, 11) is 3.06. The molecule has 0 aliphatic carbocycles. The van der Waals surface area contributed by atoms with E-state index in [-0.39, 0.29) is 11.2 Å². The van der Waals surface area contributed by atoms with Crippen molar-refractivity contribution in [3.05, 3.63) is 23.3 Å². The molecular weight excluding hydrogens is 292 g/mol. The van der Waals surface area contributed by atoms with Gasteiger partial charge in [-0.15, -0.1) is 0 Å². The molecule has 2 aromatic carbocycles. The van der Waals surface area contributed by atoms with Crippen molar-refractivity contribution in [1.82, 2.24) is 0 Å². The minimum absolute atomic E-state index is 0.00218. The number of ether oxygens (including phenoxy) is 3. The Morgan fingerprint density at radius 1 is 0.870 bits per heavy atom. The molecule has 0 bridgehead atoms. The van der Waals surface area contributed by atoms with Crippen LogP contribution in [-0.4, -0.2) is 25.9 Å². The molecule has 1 N–H and O–H groups in total. The van der Waals surface area contributed by atoms with Crippen LogP contribution in [0.5, 0.6) is 23.0 Å². The fraction of sp³-hybridized carbons (Fsp3) is 0.474. The van der Waals surface area contributed by atoms with Crippen molar-refractivity contribution in [1.29, 1.82) is 0 Å². The molecule has 0 aliphatic rings. The molecule has 0 saturated heterocycles.